The molecule has 0 aromatic heterocycles. The lowest BCUT2D eigenvalue weighted by atomic mass is 9.89. The molecular weight excluding hydrogens is 495 g/mol. The van der Waals surface area contributed by atoms with E-state index in [9.17, 15) is 23.9 Å². The van der Waals surface area contributed by atoms with E-state index in [0.717, 1.165) is 16.7 Å². The van der Waals surface area contributed by atoms with E-state index in [1.54, 1.807) is 31.2 Å². The fourth-order valence-electron chi connectivity index (χ4n) is 4.47. The summed E-state index contributed by atoms with van der Waals surface area (Å²) in [6.07, 6.45) is 1.63. The summed E-state index contributed by atoms with van der Waals surface area (Å²) in [5.41, 5.74) is 3.50. The van der Waals surface area contributed by atoms with Crippen molar-refractivity contribution < 1.29 is 23.9 Å². The number of carbonyl (C=O) groups is 3. The second-order valence-corrected chi connectivity index (χ2v) is 10.5. The van der Waals surface area contributed by atoms with Crippen LogP contribution in [0.3, 0.4) is 0 Å². The Bertz CT molecular complexity index is 1230. The minimum Gasteiger partial charge on any atom is -0.481 e. The fraction of sp³-hybridized carbons (Fsp3) is 0.344. The van der Waals surface area contributed by atoms with Crippen molar-refractivity contribution in [3.8, 4) is 11.1 Å². The van der Waals surface area contributed by atoms with Crippen LogP contribution >= 0.6 is 0 Å². The molecule has 6 nitrogen and oxygen atoms in total. The second-order valence-electron chi connectivity index (χ2n) is 10.5. The quantitative estimate of drug-likeness (QED) is 0.240. The zero-order chi connectivity index (χ0) is 28.4. The molecule has 0 aliphatic carbocycles. The first-order valence-corrected chi connectivity index (χ1v) is 13.4. The number of carboxylic acids is 1. The molecule has 0 saturated heterocycles. The lowest BCUT2D eigenvalue weighted by Gasteiger charge is -2.24. The SMILES string of the molecule is CC(C)C[C@H](NC(=O)[C@H](CCc1ccc(-c2ccc(F)cc2)cc1)C[C@H](C)C(=O)O)C(=O)Nc1ccccc1. The Labute approximate surface area is 229 Å². The van der Waals surface area contributed by atoms with Gasteiger partial charge in [-0.1, -0.05) is 75.4 Å². The number of aliphatic carboxylic acids is 1. The summed E-state index contributed by atoms with van der Waals surface area (Å²) in [4.78, 5) is 38.1. The van der Waals surface area contributed by atoms with Crippen LogP contribution in [0.15, 0.2) is 78.9 Å². The first-order valence-electron chi connectivity index (χ1n) is 13.4. The minimum absolute atomic E-state index is 0.160. The molecule has 3 atom stereocenters. The standard InChI is InChI=1S/C32H37FN2O4/c1-21(2)19-29(31(37)34-28-7-5-4-6-8-28)35-30(36)26(20-22(3)32(38)39)14-11-23-9-12-24(13-10-23)25-15-17-27(33)18-16-25/h4-10,12-13,15-18,21-22,26,29H,11,14,19-20H2,1-3H3,(H,34,37)(H,35,36)(H,38,39)/t22-,26+,29-/m0/s1. The molecule has 3 N–H and O–H groups in total. The number of carbonyl (C=O) groups excluding carboxylic acids is 2. The Morgan fingerprint density at radius 3 is 1.95 bits per heavy atom. The van der Waals surface area contributed by atoms with Gasteiger partial charge in [0.2, 0.25) is 11.8 Å². The monoisotopic (exact) mass is 532 g/mol. The number of amides is 2. The zero-order valence-electron chi connectivity index (χ0n) is 22.7. The number of anilines is 1. The second kappa shape index (κ2) is 14.2. The lowest BCUT2D eigenvalue weighted by molar-refractivity contribution is -0.142. The van der Waals surface area contributed by atoms with Gasteiger partial charge in [0.1, 0.15) is 11.9 Å². The van der Waals surface area contributed by atoms with Gasteiger partial charge in [-0.3, -0.25) is 14.4 Å². The molecule has 0 aliphatic rings. The van der Waals surface area contributed by atoms with Gasteiger partial charge in [-0.2, -0.15) is 0 Å². The molecule has 39 heavy (non-hydrogen) atoms. The van der Waals surface area contributed by atoms with Crippen molar-refractivity contribution in [2.24, 2.45) is 17.8 Å². The smallest absolute Gasteiger partial charge is 0.306 e. The van der Waals surface area contributed by atoms with Crippen LogP contribution in [0.2, 0.25) is 0 Å². The van der Waals surface area contributed by atoms with E-state index in [1.807, 2.05) is 56.3 Å². The molecule has 3 rings (SSSR count). The van der Waals surface area contributed by atoms with E-state index in [0.29, 0.717) is 24.9 Å². The highest BCUT2D eigenvalue weighted by Gasteiger charge is 2.29. The van der Waals surface area contributed by atoms with Gasteiger partial charge in [0.05, 0.1) is 5.92 Å². The maximum atomic E-state index is 13.4. The van der Waals surface area contributed by atoms with E-state index < -0.39 is 23.8 Å². The molecule has 0 aliphatic heterocycles. The zero-order valence-corrected chi connectivity index (χ0v) is 22.7. The molecule has 0 fully saturated rings. The van der Waals surface area contributed by atoms with Gasteiger partial charge in [0, 0.05) is 11.6 Å². The van der Waals surface area contributed by atoms with Gasteiger partial charge in [0.25, 0.3) is 0 Å². The Kier molecular flexibility index (Phi) is 10.8. The van der Waals surface area contributed by atoms with Crippen LogP contribution in [0.5, 0.6) is 0 Å². The number of para-hydroxylation sites is 1. The van der Waals surface area contributed by atoms with Crippen LogP contribution < -0.4 is 10.6 Å². The summed E-state index contributed by atoms with van der Waals surface area (Å²) in [5, 5.41) is 15.3. The van der Waals surface area contributed by atoms with Gasteiger partial charge in [-0.15, -0.1) is 0 Å². The van der Waals surface area contributed by atoms with Crippen molar-refractivity contribution in [1.29, 1.82) is 0 Å². The van der Waals surface area contributed by atoms with Gasteiger partial charge in [0.15, 0.2) is 0 Å². The number of aryl methyl sites for hydroxylation is 1. The Morgan fingerprint density at radius 1 is 0.795 bits per heavy atom. The van der Waals surface area contributed by atoms with Gasteiger partial charge < -0.3 is 15.7 Å². The van der Waals surface area contributed by atoms with Crippen molar-refractivity contribution in [3.63, 3.8) is 0 Å². The maximum Gasteiger partial charge on any atom is 0.306 e. The summed E-state index contributed by atoms with van der Waals surface area (Å²) < 4.78 is 13.2. The highest BCUT2D eigenvalue weighted by atomic mass is 19.1. The average molecular weight is 533 g/mol. The summed E-state index contributed by atoms with van der Waals surface area (Å²) in [5.74, 6) is -2.99. The van der Waals surface area contributed by atoms with Crippen molar-refractivity contribution in [2.45, 2.75) is 52.5 Å². The van der Waals surface area contributed by atoms with E-state index in [-0.39, 0.29) is 30.0 Å². The van der Waals surface area contributed by atoms with E-state index in [1.165, 1.54) is 12.1 Å². The van der Waals surface area contributed by atoms with Crippen molar-refractivity contribution in [2.75, 3.05) is 5.32 Å². The third-order valence-corrected chi connectivity index (χ3v) is 6.72. The van der Waals surface area contributed by atoms with Crippen LogP contribution in [-0.2, 0) is 20.8 Å². The van der Waals surface area contributed by atoms with Crippen LogP contribution in [0, 0.1) is 23.6 Å². The van der Waals surface area contributed by atoms with Crippen molar-refractivity contribution in [1.82, 2.24) is 5.32 Å². The molecule has 206 valence electrons. The Balaban J connectivity index is 1.70. The number of carboxylic acid groups (broad SMARTS) is 1. The first-order chi connectivity index (χ1) is 18.6. The lowest BCUT2D eigenvalue weighted by Crippen LogP contribution is -2.47. The largest absolute Gasteiger partial charge is 0.481 e. The number of hydrogen-bond donors (Lipinski definition) is 3. The highest BCUT2D eigenvalue weighted by Crippen LogP contribution is 2.23. The predicted molar refractivity (Wildman–Crippen MR) is 152 cm³/mol. The van der Waals surface area contributed by atoms with E-state index >= 15 is 0 Å². The Morgan fingerprint density at radius 2 is 1.38 bits per heavy atom. The highest BCUT2D eigenvalue weighted by molar-refractivity contribution is 5.97. The molecule has 0 spiro atoms. The number of benzene rings is 3. The Hall–Kier alpha value is -4.00. The molecular formula is C32H37FN2O4. The van der Waals surface area contributed by atoms with Crippen molar-refractivity contribution in [3.05, 3.63) is 90.2 Å². The molecule has 7 heteroatoms. The molecule has 0 unspecified atom stereocenters. The van der Waals surface area contributed by atoms with E-state index in [2.05, 4.69) is 10.6 Å². The molecule has 3 aromatic rings. The first kappa shape index (κ1) is 29.6. The molecule has 0 saturated carbocycles. The van der Waals surface area contributed by atoms with Crippen molar-refractivity contribution >= 4 is 23.5 Å². The van der Waals surface area contributed by atoms with Crippen LogP contribution in [0.1, 0.15) is 45.6 Å². The van der Waals surface area contributed by atoms with Gasteiger partial charge in [-0.25, -0.2) is 4.39 Å². The summed E-state index contributed by atoms with van der Waals surface area (Å²) in [6.45, 7) is 5.55. The number of nitrogens with one attached hydrogen (secondary N) is 2. The third-order valence-electron chi connectivity index (χ3n) is 6.72. The predicted octanol–water partition coefficient (Wildman–Crippen LogP) is 6.32. The number of rotatable bonds is 13. The molecule has 3 aromatic carbocycles. The maximum absolute atomic E-state index is 13.4. The van der Waals surface area contributed by atoms with Gasteiger partial charge in [-0.05, 0) is 72.6 Å². The molecule has 0 radical (unpaired) electrons. The van der Waals surface area contributed by atoms with Crippen LogP contribution in [0.4, 0.5) is 10.1 Å². The average Bonchev–Trinajstić information content (AvgIpc) is 2.91. The summed E-state index contributed by atoms with van der Waals surface area (Å²) in [6, 6.07) is 22.4. The topological polar surface area (TPSA) is 95.5 Å². The third kappa shape index (κ3) is 9.36. The minimum atomic E-state index is -0.961. The fourth-order valence-corrected chi connectivity index (χ4v) is 4.47. The van der Waals surface area contributed by atoms with E-state index in [4.69, 9.17) is 0 Å². The molecule has 2 amide bonds. The number of hydrogen-bond acceptors (Lipinski definition) is 3. The van der Waals surface area contributed by atoms with Crippen LogP contribution in [0.25, 0.3) is 11.1 Å². The molecule has 0 bridgehead atoms. The van der Waals surface area contributed by atoms with Crippen LogP contribution in [-0.4, -0.2) is 28.9 Å². The normalized spacial score (nSPS) is 13.4. The summed E-state index contributed by atoms with van der Waals surface area (Å²) in [7, 11) is 0. The molecule has 0 heterocycles. The van der Waals surface area contributed by atoms with Gasteiger partial charge >= 0.3 is 5.97 Å². The number of halogens is 1. The summed E-state index contributed by atoms with van der Waals surface area (Å²) >= 11 is 0.